The first-order valence-corrected chi connectivity index (χ1v) is 11.8. The van der Waals surface area contributed by atoms with E-state index < -0.39 is 29.4 Å². The van der Waals surface area contributed by atoms with E-state index in [1.54, 1.807) is 32.9 Å². The maximum Gasteiger partial charge on any atom is 0.344 e. The lowest BCUT2D eigenvalue weighted by Crippen LogP contribution is -2.36. The number of ether oxygens (including phenoxy) is 3. The van der Waals surface area contributed by atoms with E-state index in [2.05, 4.69) is 0 Å². The summed E-state index contributed by atoms with van der Waals surface area (Å²) >= 11 is 0. The zero-order valence-corrected chi connectivity index (χ0v) is 20.6. The van der Waals surface area contributed by atoms with Crippen molar-refractivity contribution in [3.8, 4) is 5.75 Å². The Kier molecular flexibility index (Phi) is 7.50. The summed E-state index contributed by atoms with van der Waals surface area (Å²) in [6.07, 6.45) is 0. The van der Waals surface area contributed by atoms with Crippen molar-refractivity contribution in [2.75, 3.05) is 13.2 Å². The number of esters is 1. The standard InChI is InChI=1S/C29H29NO6/c1-29(2,3)36-26(31)19-35-22-14-15-23-24(16-22)28(33)30(27(23)32)25(21-12-8-5-9-13-21)18-34-17-20-10-6-4-7-11-20/h4-16,25H,17-19H2,1-3H3/t25-/m1/s1. The molecule has 7 heteroatoms. The molecule has 0 saturated heterocycles. The second kappa shape index (κ2) is 10.7. The summed E-state index contributed by atoms with van der Waals surface area (Å²) in [7, 11) is 0. The average molecular weight is 488 g/mol. The molecule has 0 N–H and O–H groups in total. The molecule has 1 aliphatic rings. The fraction of sp³-hybridized carbons (Fsp3) is 0.276. The van der Waals surface area contributed by atoms with Crippen molar-refractivity contribution < 1.29 is 28.6 Å². The Labute approximate surface area is 210 Å². The quantitative estimate of drug-likeness (QED) is 0.313. The first-order valence-electron chi connectivity index (χ1n) is 11.8. The minimum absolute atomic E-state index is 0.145. The number of carbonyl (C=O) groups excluding carboxylic acids is 3. The average Bonchev–Trinajstić information content (AvgIpc) is 3.10. The van der Waals surface area contributed by atoms with Gasteiger partial charge in [0.25, 0.3) is 11.8 Å². The molecule has 0 bridgehead atoms. The molecule has 4 rings (SSSR count). The molecule has 2 amide bonds. The fourth-order valence-corrected chi connectivity index (χ4v) is 3.98. The molecule has 186 valence electrons. The predicted molar refractivity (Wildman–Crippen MR) is 134 cm³/mol. The summed E-state index contributed by atoms with van der Waals surface area (Å²) < 4.78 is 16.7. The lowest BCUT2D eigenvalue weighted by atomic mass is 10.1. The third kappa shape index (κ3) is 5.98. The number of hydrogen-bond donors (Lipinski definition) is 0. The van der Waals surface area contributed by atoms with Crippen molar-refractivity contribution in [3.05, 3.63) is 101 Å². The second-order valence-corrected chi connectivity index (χ2v) is 9.49. The zero-order valence-electron chi connectivity index (χ0n) is 20.6. The summed E-state index contributed by atoms with van der Waals surface area (Å²) in [5, 5.41) is 0. The molecule has 0 saturated carbocycles. The van der Waals surface area contributed by atoms with Gasteiger partial charge in [-0.3, -0.25) is 14.5 Å². The normalized spacial score (nSPS) is 13.9. The molecule has 0 aromatic heterocycles. The van der Waals surface area contributed by atoms with Crippen LogP contribution in [0.4, 0.5) is 0 Å². The smallest absolute Gasteiger partial charge is 0.344 e. The highest BCUT2D eigenvalue weighted by Gasteiger charge is 2.41. The third-order valence-electron chi connectivity index (χ3n) is 5.55. The molecular weight excluding hydrogens is 458 g/mol. The number of rotatable bonds is 9. The van der Waals surface area contributed by atoms with Crippen molar-refractivity contribution in [1.82, 2.24) is 4.90 Å². The van der Waals surface area contributed by atoms with Gasteiger partial charge in [0.2, 0.25) is 0 Å². The van der Waals surface area contributed by atoms with Crippen molar-refractivity contribution in [2.45, 2.75) is 39.0 Å². The van der Waals surface area contributed by atoms with E-state index >= 15 is 0 Å². The van der Waals surface area contributed by atoms with Crippen LogP contribution in [0.1, 0.15) is 58.7 Å². The van der Waals surface area contributed by atoms with E-state index in [-0.39, 0.29) is 24.3 Å². The van der Waals surface area contributed by atoms with Crippen LogP contribution in [0, 0.1) is 0 Å². The van der Waals surface area contributed by atoms with Crippen LogP contribution in [0.15, 0.2) is 78.9 Å². The number of imide groups is 1. The van der Waals surface area contributed by atoms with Gasteiger partial charge in [-0.2, -0.15) is 0 Å². The number of fused-ring (bicyclic) bond motifs is 1. The van der Waals surface area contributed by atoms with Crippen LogP contribution in [-0.2, 0) is 20.9 Å². The third-order valence-corrected chi connectivity index (χ3v) is 5.55. The number of benzene rings is 3. The molecular formula is C29H29NO6. The van der Waals surface area contributed by atoms with Crippen molar-refractivity contribution >= 4 is 17.8 Å². The Hall–Kier alpha value is -3.97. The molecule has 0 fully saturated rings. The first kappa shape index (κ1) is 25.1. The van der Waals surface area contributed by atoms with E-state index in [4.69, 9.17) is 14.2 Å². The molecule has 0 unspecified atom stereocenters. The van der Waals surface area contributed by atoms with Gasteiger partial charge >= 0.3 is 5.97 Å². The molecule has 3 aromatic carbocycles. The molecule has 1 aliphatic heterocycles. The van der Waals surface area contributed by atoms with Gasteiger partial charge in [-0.15, -0.1) is 0 Å². The maximum atomic E-state index is 13.4. The molecule has 36 heavy (non-hydrogen) atoms. The highest BCUT2D eigenvalue weighted by atomic mass is 16.6. The Balaban J connectivity index is 1.51. The van der Waals surface area contributed by atoms with Gasteiger partial charge in [-0.1, -0.05) is 60.7 Å². The molecule has 1 heterocycles. The largest absolute Gasteiger partial charge is 0.482 e. The molecule has 3 aromatic rings. The number of hydrogen-bond acceptors (Lipinski definition) is 6. The van der Waals surface area contributed by atoms with Crippen LogP contribution in [-0.4, -0.2) is 41.5 Å². The predicted octanol–water partition coefficient (Wildman–Crippen LogP) is 4.96. The van der Waals surface area contributed by atoms with Gasteiger partial charge in [0.15, 0.2) is 6.61 Å². The number of carbonyl (C=O) groups is 3. The van der Waals surface area contributed by atoms with E-state index in [9.17, 15) is 14.4 Å². The van der Waals surface area contributed by atoms with Crippen LogP contribution >= 0.6 is 0 Å². The monoisotopic (exact) mass is 487 g/mol. The Bertz CT molecular complexity index is 1230. The summed E-state index contributed by atoms with van der Waals surface area (Å²) in [5.74, 6) is -1.05. The molecule has 0 aliphatic carbocycles. The van der Waals surface area contributed by atoms with E-state index in [0.29, 0.717) is 12.4 Å². The lowest BCUT2D eigenvalue weighted by molar-refractivity contribution is -0.157. The topological polar surface area (TPSA) is 82.1 Å². The fourth-order valence-electron chi connectivity index (χ4n) is 3.98. The molecule has 0 spiro atoms. The Morgan fingerprint density at radius 2 is 1.50 bits per heavy atom. The van der Waals surface area contributed by atoms with Crippen LogP contribution in [0.2, 0.25) is 0 Å². The second-order valence-electron chi connectivity index (χ2n) is 9.49. The minimum Gasteiger partial charge on any atom is -0.482 e. The maximum absolute atomic E-state index is 13.4. The first-order chi connectivity index (χ1) is 17.2. The molecule has 0 radical (unpaired) electrons. The lowest BCUT2D eigenvalue weighted by Gasteiger charge is -2.26. The van der Waals surface area contributed by atoms with Crippen molar-refractivity contribution in [2.24, 2.45) is 0 Å². The highest BCUT2D eigenvalue weighted by Crippen LogP contribution is 2.33. The van der Waals surface area contributed by atoms with Crippen LogP contribution < -0.4 is 4.74 Å². The minimum atomic E-state index is -0.629. The molecule has 1 atom stereocenters. The van der Waals surface area contributed by atoms with Gasteiger partial charge in [-0.25, -0.2) is 4.79 Å². The van der Waals surface area contributed by atoms with Crippen LogP contribution in [0.25, 0.3) is 0 Å². The Morgan fingerprint density at radius 3 is 2.17 bits per heavy atom. The van der Waals surface area contributed by atoms with Gasteiger partial charge in [0.1, 0.15) is 11.4 Å². The number of nitrogens with zero attached hydrogens (tertiary/aromatic N) is 1. The van der Waals surface area contributed by atoms with E-state index in [1.165, 1.54) is 11.0 Å². The van der Waals surface area contributed by atoms with Gasteiger partial charge in [0.05, 0.1) is 30.4 Å². The van der Waals surface area contributed by atoms with Gasteiger partial charge in [-0.05, 0) is 50.1 Å². The summed E-state index contributed by atoms with van der Waals surface area (Å²) in [4.78, 5) is 40.0. The zero-order chi connectivity index (χ0) is 25.7. The van der Waals surface area contributed by atoms with Gasteiger partial charge in [0, 0.05) is 0 Å². The summed E-state index contributed by atoms with van der Waals surface area (Å²) in [5.41, 5.74) is 1.68. The van der Waals surface area contributed by atoms with Crippen LogP contribution in [0.3, 0.4) is 0 Å². The van der Waals surface area contributed by atoms with Crippen molar-refractivity contribution in [1.29, 1.82) is 0 Å². The Morgan fingerprint density at radius 1 is 0.861 bits per heavy atom. The van der Waals surface area contributed by atoms with Crippen LogP contribution in [0.5, 0.6) is 5.75 Å². The number of amides is 2. The van der Waals surface area contributed by atoms with E-state index in [0.717, 1.165) is 11.1 Å². The summed E-state index contributed by atoms with van der Waals surface area (Å²) in [6.45, 7) is 5.51. The molecule has 7 nitrogen and oxygen atoms in total. The SMILES string of the molecule is CC(C)(C)OC(=O)COc1ccc2c(c1)C(=O)N([C@H](COCc1ccccc1)c1ccccc1)C2=O. The highest BCUT2D eigenvalue weighted by molar-refractivity contribution is 6.21. The van der Waals surface area contributed by atoms with Gasteiger partial charge < -0.3 is 14.2 Å². The summed E-state index contributed by atoms with van der Waals surface area (Å²) in [6, 6.07) is 23.1. The van der Waals surface area contributed by atoms with E-state index in [1.807, 2.05) is 60.7 Å². The van der Waals surface area contributed by atoms with Crippen molar-refractivity contribution in [3.63, 3.8) is 0 Å².